The molecule has 0 saturated heterocycles. The van der Waals surface area contributed by atoms with Crippen LogP contribution >= 0.6 is 0 Å². The molecule has 0 aromatic rings. The van der Waals surface area contributed by atoms with Gasteiger partial charge in [-0.15, -0.1) is 0 Å². The second-order valence-corrected chi connectivity index (χ2v) is 9.64. The summed E-state index contributed by atoms with van der Waals surface area (Å²) in [7, 11) is 0. The van der Waals surface area contributed by atoms with Crippen LogP contribution in [0.2, 0.25) is 0 Å². The Labute approximate surface area is 179 Å². The highest BCUT2D eigenvalue weighted by molar-refractivity contribution is 4.82. The summed E-state index contributed by atoms with van der Waals surface area (Å²) >= 11 is 0. The van der Waals surface area contributed by atoms with E-state index >= 15 is 0 Å². The summed E-state index contributed by atoms with van der Waals surface area (Å²) < 4.78 is 0. The zero-order chi connectivity index (χ0) is 22.1. The van der Waals surface area contributed by atoms with Crippen LogP contribution in [0.15, 0.2) is 0 Å². The van der Waals surface area contributed by atoms with E-state index in [1.54, 1.807) is 0 Å². The minimum Gasteiger partial charge on any atom is -0.325 e. The SMILES string of the molecule is CC.CC.CC1(N)CCCCC1.CC1(N)CCCCC1.CC1(N)CCCCC1. The van der Waals surface area contributed by atoms with Crippen molar-refractivity contribution in [2.24, 2.45) is 17.2 Å². The quantitative estimate of drug-likeness (QED) is 0.408. The van der Waals surface area contributed by atoms with E-state index in [2.05, 4.69) is 20.8 Å². The predicted molar refractivity (Wildman–Crippen MR) is 130 cm³/mol. The van der Waals surface area contributed by atoms with E-state index in [9.17, 15) is 0 Å². The first-order chi connectivity index (χ1) is 13.1. The van der Waals surface area contributed by atoms with Gasteiger partial charge in [-0.05, 0) is 59.3 Å². The predicted octanol–water partition coefficient (Wildman–Crippen LogP) is 7.06. The van der Waals surface area contributed by atoms with Crippen LogP contribution in [0, 0.1) is 0 Å². The average Bonchev–Trinajstić information content (AvgIpc) is 2.65. The molecule has 0 amide bonds. The summed E-state index contributed by atoms with van der Waals surface area (Å²) in [5.74, 6) is 0. The highest BCUT2D eigenvalue weighted by Gasteiger charge is 2.21. The molecule has 3 saturated carbocycles. The molecular weight excluding hydrogens is 342 g/mol. The molecule has 0 bridgehead atoms. The Morgan fingerprint density at radius 2 is 0.500 bits per heavy atom. The second-order valence-electron chi connectivity index (χ2n) is 9.64. The Kier molecular flexibility index (Phi) is 17.9. The molecular formula is C25H57N3. The summed E-state index contributed by atoms with van der Waals surface area (Å²) in [6.07, 6.45) is 19.6. The number of hydrogen-bond donors (Lipinski definition) is 3. The Morgan fingerprint density at radius 1 is 0.357 bits per heavy atom. The normalized spacial score (nSPS) is 24.2. The van der Waals surface area contributed by atoms with Crippen molar-refractivity contribution in [1.82, 2.24) is 0 Å². The highest BCUT2D eigenvalue weighted by Crippen LogP contribution is 2.25. The molecule has 3 nitrogen and oxygen atoms in total. The molecule has 0 unspecified atom stereocenters. The summed E-state index contributed by atoms with van der Waals surface area (Å²) in [6, 6.07) is 0. The number of nitrogens with two attached hydrogens (primary N) is 3. The minimum atomic E-state index is 0.179. The molecule has 3 rings (SSSR count). The van der Waals surface area contributed by atoms with Gasteiger partial charge in [0.2, 0.25) is 0 Å². The van der Waals surface area contributed by atoms with E-state index in [0.717, 1.165) is 0 Å². The van der Waals surface area contributed by atoms with Crippen molar-refractivity contribution in [3.8, 4) is 0 Å². The minimum absolute atomic E-state index is 0.179. The zero-order valence-corrected chi connectivity index (χ0v) is 20.8. The molecule has 0 heterocycles. The Morgan fingerprint density at radius 3 is 0.571 bits per heavy atom. The highest BCUT2D eigenvalue weighted by atomic mass is 14.7. The summed E-state index contributed by atoms with van der Waals surface area (Å²) in [4.78, 5) is 0. The van der Waals surface area contributed by atoms with E-state index in [1.807, 2.05) is 27.7 Å². The van der Waals surface area contributed by atoms with Crippen LogP contribution < -0.4 is 17.2 Å². The van der Waals surface area contributed by atoms with Gasteiger partial charge in [-0.1, -0.05) is 85.5 Å². The Balaban J connectivity index is 0. The van der Waals surface area contributed by atoms with Crippen molar-refractivity contribution in [3.63, 3.8) is 0 Å². The van der Waals surface area contributed by atoms with Gasteiger partial charge in [-0.3, -0.25) is 0 Å². The van der Waals surface area contributed by atoms with Gasteiger partial charge in [-0.2, -0.15) is 0 Å². The van der Waals surface area contributed by atoms with Crippen LogP contribution in [0.25, 0.3) is 0 Å². The standard InChI is InChI=1S/3C7H15N.2C2H6/c3*1-7(8)5-3-2-4-6-7;2*1-2/h3*2-6,8H2,1H3;2*1-2H3. The molecule has 0 radical (unpaired) electrons. The van der Waals surface area contributed by atoms with Crippen LogP contribution in [-0.2, 0) is 0 Å². The Hall–Kier alpha value is -0.120. The van der Waals surface area contributed by atoms with Crippen LogP contribution in [0.5, 0.6) is 0 Å². The molecule has 0 atom stereocenters. The topological polar surface area (TPSA) is 78.1 Å². The second kappa shape index (κ2) is 16.7. The van der Waals surface area contributed by atoms with Gasteiger partial charge < -0.3 is 17.2 Å². The fourth-order valence-electron chi connectivity index (χ4n) is 4.08. The molecule has 3 aliphatic rings. The van der Waals surface area contributed by atoms with Gasteiger partial charge in [0, 0.05) is 16.6 Å². The molecule has 3 aliphatic carbocycles. The van der Waals surface area contributed by atoms with E-state index in [0.29, 0.717) is 0 Å². The van der Waals surface area contributed by atoms with E-state index < -0.39 is 0 Å². The fourth-order valence-corrected chi connectivity index (χ4v) is 4.08. The first kappa shape index (κ1) is 30.1. The lowest BCUT2D eigenvalue weighted by Gasteiger charge is -2.28. The molecule has 3 fully saturated rings. The van der Waals surface area contributed by atoms with E-state index in [1.165, 1.54) is 96.3 Å². The molecule has 3 heteroatoms. The smallest absolute Gasteiger partial charge is 0.0125 e. The van der Waals surface area contributed by atoms with E-state index in [4.69, 9.17) is 17.2 Å². The third-order valence-corrected chi connectivity index (χ3v) is 5.99. The van der Waals surface area contributed by atoms with Crippen molar-refractivity contribution < 1.29 is 0 Å². The maximum Gasteiger partial charge on any atom is 0.0125 e. The largest absolute Gasteiger partial charge is 0.325 e. The summed E-state index contributed by atoms with van der Waals surface area (Å²) in [5.41, 5.74) is 18.2. The van der Waals surface area contributed by atoms with Crippen LogP contribution in [-0.4, -0.2) is 16.6 Å². The average molecular weight is 400 g/mol. The van der Waals surface area contributed by atoms with Gasteiger partial charge in [0.15, 0.2) is 0 Å². The lowest BCUT2D eigenvalue weighted by atomic mass is 9.84. The molecule has 0 spiro atoms. The van der Waals surface area contributed by atoms with Gasteiger partial charge in [0.05, 0.1) is 0 Å². The van der Waals surface area contributed by atoms with Crippen molar-refractivity contribution in [2.75, 3.05) is 0 Å². The third kappa shape index (κ3) is 17.9. The lowest BCUT2D eigenvalue weighted by Crippen LogP contribution is -2.37. The first-order valence-electron chi connectivity index (χ1n) is 12.5. The maximum atomic E-state index is 5.88. The summed E-state index contributed by atoms with van der Waals surface area (Å²) in [5, 5.41) is 0. The fraction of sp³-hybridized carbons (Fsp3) is 1.00. The van der Waals surface area contributed by atoms with Crippen molar-refractivity contribution >= 4 is 0 Å². The van der Waals surface area contributed by atoms with Gasteiger partial charge in [0.25, 0.3) is 0 Å². The molecule has 6 N–H and O–H groups in total. The van der Waals surface area contributed by atoms with Gasteiger partial charge in [-0.25, -0.2) is 0 Å². The molecule has 28 heavy (non-hydrogen) atoms. The zero-order valence-electron chi connectivity index (χ0n) is 20.8. The molecule has 0 aliphatic heterocycles. The number of rotatable bonds is 0. The monoisotopic (exact) mass is 399 g/mol. The van der Waals surface area contributed by atoms with Crippen molar-refractivity contribution in [2.45, 2.75) is 161 Å². The van der Waals surface area contributed by atoms with Crippen LogP contribution in [0.3, 0.4) is 0 Å². The molecule has 172 valence electrons. The van der Waals surface area contributed by atoms with Gasteiger partial charge >= 0.3 is 0 Å². The maximum absolute atomic E-state index is 5.88. The van der Waals surface area contributed by atoms with Gasteiger partial charge in [0.1, 0.15) is 0 Å². The third-order valence-electron chi connectivity index (χ3n) is 5.99. The number of hydrogen-bond acceptors (Lipinski definition) is 3. The van der Waals surface area contributed by atoms with E-state index in [-0.39, 0.29) is 16.6 Å². The first-order valence-corrected chi connectivity index (χ1v) is 12.5. The van der Waals surface area contributed by atoms with Crippen molar-refractivity contribution in [3.05, 3.63) is 0 Å². The van der Waals surface area contributed by atoms with Crippen LogP contribution in [0.1, 0.15) is 145 Å². The molecule has 0 aromatic carbocycles. The van der Waals surface area contributed by atoms with Crippen LogP contribution in [0.4, 0.5) is 0 Å². The summed E-state index contributed by atoms with van der Waals surface area (Å²) in [6.45, 7) is 14.5. The Bertz CT molecular complexity index is 258. The molecule has 0 aromatic heterocycles. The lowest BCUT2D eigenvalue weighted by molar-refractivity contribution is 0.322. The van der Waals surface area contributed by atoms with Crippen molar-refractivity contribution in [1.29, 1.82) is 0 Å².